The number of benzene rings is 1. The fraction of sp³-hybridized carbons (Fsp3) is 0.591. The number of hydrogen-bond acceptors (Lipinski definition) is 8. The average Bonchev–Trinajstić information content (AvgIpc) is 2.72. The number of ether oxygens (including phenoxy) is 3. The number of carbonyl (C=O) groups is 3. The Morgan fingerprint density at radius 1 is 1.23 bits per heavy atom. The van der Waals surface area contributed by atoms with Gasteiger partial charge in [-0.25, -0.2) is 9.59 Å². The Labute approximate surface area is 183 Å². The summed E-state index contributed by atoms with van der Waals surface area (Å²) in [7, 11) is -1.20. The molecular formula is C22H31BO8. The van der Waals surface area contributed by atoms with Crippen LogP contribution in [-0.2, 0) is 30.2 Å². The topological polar surface area (TPSA) is 108 Å². The third kappa shape index (κ3) is 6.80. The molecule has 1 N–H and O–H groups in total. The Hall–Kier alpha value is -2.39. The van der Waals surface area contributed by atoms with E-state index in [0.717, 1.165) is 12.8 Å². The number of rotatable bonds is 11. The van der Waals surface area contributed by atoms with E-state index in [1.54, 1.807) is 32.9 Å². The van der Waals surface area contributed by atoms with Crippen LogP contribution in [0.5, 0.6) is 5.75 Å². The molecule has 1 aliphatic rings. The second-order valence-electron chi connectivity index (χ2n) is 8.04. The number of carbonyl (C=O) groups excluding carboxylic acids is 3. The molecule has 0 aliphatic carbocycles. The van der Waals surface area contributed by atoms with Crippen LogP contribution in [0.15, 0.2) is 18.2 Å². The van der Waals surface area contributed by atoms with Crippen LogP contribution in [0.25, 0.3) is 0 Å². The minimum atomic E-state index is -1.20. The van der Waals surface area contributed by atoms with E-state index >= 15 is 0 Å². The van der Waals surface area contributed by atoms with Crippen molar-refractivity contribution in [2.75, 3.05) is 13.4 Å². The number of hydrogen-bond donors (Lipinski definition) is 1. The SMILES string of the molecule is CCCCC(=O)C[C@H]1Cc2cccc(C(=O)OCOC(=O)C(C)(C)OCC)c2OB1O. The monoisotopic (exact) mass is 434 g/mol. The van der Waals surface area contributed by atoms with Crippen molar-refractivity contribution in [3.05, 3.63) is 29.3 Å². The van der Waals surface area contributed by atoms with Gasteiger partial charge in [0, 0.05) is 25.3 Å². The molecule has 170 valence electrons. The maximum absolute atomic E-state index is 12.5. The zero-order valence-electron chi connectivity index (χ0n) is 18.6. The summed E-state index contributed by atoms with van der Waals surface area (Å²) >= 11 is 0. The second-order valence-corrected chi connectivity index (χ2v) is 8.04. The van der Waals surface area contributed by atoms with Crippen LogP contribution in [0.2, 0.25) is 5.82 Å². The number of para-hydroxylation sites is 1. The molecule has 8 nitrogen and oxygen atoms in total. The van der Waals surface area contributed by atoms with Crippen LogP contribution in [0.3, 0.4) is 0 Å². The van der Waals surface area contributed by atoms with E-state index in [1.807, 2.05) is 6.92 Å². The summed E-state index contributed by atoms with van der Waals surface area (Å²) < 4.78 is 20.9. The molecule has 2 rings (SSSR count). The molecule has 1 heterocycles. The van der Waals surface area contributed by atoms with Crippen LogP contribution in [-0.4, -0.2) is 48.9 Å². The first-order valence-corrected chi connectivity index (χ1v) is 10.7. The predicted octanol–water partition coefficient (Wildman–Crippen LogP) is 3.09. The molecule has 0 radical (unpaired) electrons. The Kier molecular flexibility index (Phi) is 9.07. The van der Waals surface area contributed by atoms with Crippen molar-refractivity contribution < 1.29 is 38.3 Å². The molecule has 0 amide bonds. The summed E-state index contributed by atoms with van der Waals surface area (Å²) in [5.74, 6) is -1.46. The Morgan fingerprint density at radius 3 is 2.65 bits per heavy atom. The molecule has 1 aromatic rings. The van der Waals surface area contributed by atoms with E-state index < -0.39 is 31.5 Å². The van der Waals surface area contributed by atoms with Gasteiger partial charge in [0.05, 0.1) is 0 Å². The van der Waals surface area contributed by atoms with Gasteiger partial charge >= 0.3 is 19.1 Å². The number of fused-ring (bicyclic) bond motifs is 1. The number of ketones is 1. The highest BCUT2D eigenvalue weighted by atomic mass is 16.7. The van der Waals surface area contributed by atoms with Crippen molar-refractivity contribution in [3.8, 4) is 5.75 Å². The lowest BCUT2D eigenvalue weighted by molar-refractivity contribution is -0.175. The van der Waals surface area contributed by atoms with E-state index in [-0.39, 0.29) is 29.3 Å². The maximum atomic E-state index is 12.5. The third-order valence-corrected chi connectivity index (χ3v) is 5.12. The summed E-state index contributed by atoms with van der Waals surface area (Å²) in [6.45, 7) is 6.66. The fourth-order valence-electron chi connectivity index (χ4n) is 3.39. The molecule has 31 heavy (non-hydrogen) atoms. The normalized spacial score (nSPS) is 15.6. The van der Waals surface area contributed by atoms with Crippen molar-refractivity contribution >= 4 is 24.8 Å². The summed E-state index contributed by atoms with van der Waals surface area (Å²) in [6.07, 6.45) is 2.87. The first kappa shape index (κ1) is 24.9. The lowest BCUT2D eigenvalue weighted by Crippen LogP contribution is -2.37. The summed E-state index contributed by atoms with van der Waals surface area (Å²) in [5.41, 5.74) is -0.320. The van der Waals surface area contributed by atoms with E-state index in [9.17, 15) is 19.4 Å². The molecule has 0 bridgehead atoms. The van der Waals surface area contributed by atoms with Crippen LogP contribution in [0.1, 0.15) is 69.3 Å². The molecular weight excluding hydrogens is 403 g/mol. The van der Waals surface area contributed by atoms with Gasteiger partial charge in [0.1, 0.15) is 17.1 Å². The van der Waals surface area contributed by atoms with Gasteiger partial charge in [0.25, 0.3) is 0 Å². The molecule has 1 aliphatic heterocycles. The third-order valence-electron chi connectivity index (χ3n) is 5.12. The minimum absolute atomic E-state index is 0.0882. The molecule has 0 spiro atoms. The quantitative estimate of drug-likeness (QED) is 0.322. The molecule has 0 saturated carbocycles. The lowest BCUT2D eigenvalue weighted by atomic mass is 9.64. The second kappa shape index (κ2) is 11.3. The van der Waals surface area contributed by atoms with Crippen molar-refractivity contribution in [3.63, 3.8) is 0 Å². The van der Waals surface area contributed by atoms with Gasteiger partial charge in [-0.3, -0.25) is 4.79 Å². The van der Waals surface area contributed by atoms with Crippen LogP contribution < -0.4 is 4.65 Å². The minimum Gasteiger partial charge on any atom is -0.535 e. The molecule has 9 heteroatoms. The van der Waals surface area contributed by atoms with Crippen LogP contribution in [0.4, 0.5) is 0 Å². The predicted molar refractivity (Wildman–Crippen MR) is 114 cm³/mol. The number of esters is 2. The molecule has 0 fully saturated rings. The van der Waals surface area contributed by atoms with Gasteiger partial charge in [-0.05, 0) is 45.2 Å². The van der Waals surface area contributed by atoms with Crippen LogP contribution >= 0.6 is 0 Å². The molecule has 1 atom stereocenters. The fourth-order valence-corrected chi connectivity index (χ4v) is 3.39. The Balaban J connectivity index is 1.99. The standard InChI is InChI=1S/C22H31BO8/c1-5-7-10-17(24)13-16-12-15-9-8-11-18(19(15)31-23(16)27)20(25)28-14-29-21(26)22(3,4)30-6-2/h8-9,11,16,27H,5-7,10,12-14H2,1-4H3/t16-/m1/s1. The summed E-state index contributed by atoms with van der Waals surface area (Å²) in [5, 5.41) is 10.4. The van der Waals surface area contributed by atoms with E-state index in [4.69, 9.17) is 18.9 Å². The highest BCUT2D eigenvalue weighted by Crippen LogP contribution is 2.36. The molecule has 0 saturated heterocycles. The van der Waals surface area contributed by atoms with E-state index in [1.165, 1.54) is 6.07 Å². The van der Waals surface area contributed by atoms with Gasteiger partial charge < -0.3 is 23.9 Å². The summed E-state index contributed by atoms with van der Waals surface area (Å²) in [6, 6.07) is 4.97. The van der Waals surface area contributed by atoms with E-state index in [0.29, 0.717) is 25.0 Å². The Morgan fingerprint density at radius 2 is 1.97 bits per heavy atom. The van der Waals surface area contributed by atoms with Gasteiger partial charge in [-0.15, -0.1) is 0 Å². The number of Topliss-reactive ketones (excluding diaryl/α,β-unsaturated/α-hetero) is 1. The van der Waals surface area contributed by atoms with Crippen molar-refractivity contribution in [2.24, 2.45) is 0 Å². The van der Waals surface area contributed by atoms with Crippen molar-refractivity contribution in [1.82, 2.24) is 0 Å². The van der Waals surface area contributed by atoms with Gasteiger partial charge in [-0.1, -0.05) is 25.5 Å². The average molecular weight is 434 g/mol. The zero-order valence-corrected chi connectivity index (χ0v) is 18.6. The molecule has 0 aromatic heterocycles. The van der Waals surface area contributed by atoms with Gasteiger partial charge in [-0.2, -0.15) is 0 Å². The van der Waals surface area contributed by atoms with Gasteiger partial charge in [0.2, 0.25) is 6.79 Å². The van der Waals surface area contributed by atoms with Crippen molar-refractivity contribution in [1.29, 1.82) is 0 Å². The highest BCUT2D eigenvalue weighted by molar-refractivity contribution is 6.47. The first-order chi connectivity index (χ1) is 14.7. The highest BCUT2D eigenvalue weighted by Gasteiger charge is 2.38. The van der Waals surface area contributed by atoms with Crippen LogP contribution in [0, 0.1) is 0 Å². The smallest absolute Gasteiger partial charge is 0.526 e. The van der Waals surface area contributed by atoms with E-state index in [2.05, 4.69) is 0 Å². The maximum Gasteiger partial charge on any atom is 0.526 e. The zero-order chi connectivity index (χ0) is 23.0. The lowest BCUT2D eigenvalue weighted by Gasteiger charge is -2.28. The van der Waals surface area contributed by atoms with Crippen molar-refractivity contribution in [2.45, 2.75) is 71.2 Å². The summed E-state index contributed by atoms with van der Waals surface area (Å²) in [4.78, 5) is 36.6. The van der Waals surface area contributed by atoms with Gasteiger partial charge in [0.15, 0.2) is 5.60 Å². The molecule has 1 aromatic carbocycles. The number of unbranched alkanes of at least 4 members (excludes halogenated alkanes) is 1. The Bertz CT molecular complexity index is 792. The first-order valence-electron chi connectivity index (χ1n) is 10.7. The largest absolute Gasteiger partial charge is 0.535 e. The molecule has 0 unspecified atom stereocenters.